The Morgan fingerprint density at radius 2 is 1.73 bits per heavy atom. The minimum absolute atomic E-state index is 0.0464. The van der Waals surface area contributed by atoms with Crippen LogP contribution in [0.3, 0.4) is 0 Å². The Morgan fingerprint density at radius 3 is 2.35 bits per heavy atom. The predicted molar refractivity (Wildman–Crippen MR) is 101 cm³/mol. The van der Waals surface area contributed by atoms with Crippen molar-refractivity contribution in [1.29, 1.82) is 0 Å². The minimum atomic E-state index is -0.216. The summed E-state index contributed by atoms with van der Waals surface area (Å²) < 4.78 is 5.14. The van der Waals surface area contributed by atoms with E-state index in [9.17, 15) is 9.59 Å². The van der Waals surface area contributed by atoms with Gasteiger partial charge in [-0.3, -0.25) is 4.79 Å². The van der Waals surface area contributed by atoms with E-state index in [1.54, 1.807) is 31.2 Å². The van der Waals surface area contributed by atoms with Crippen molar-refractivity contribution in [3.05, 3.63) is 54.1 Å². The van der Waals surface area contributed by atoms with Gasteiger partial charge in [-0.1, -0.05) is 18.2 Å². The van der Waals surface area contributed by atoms with Crippen molar-refractivity contribution in [2.75, 3.05) is 24.8 Å². The second-order valence-electron chi connectivity index (χ2n) is 6.48. The molecule has 6 heteroatoms. The van der Waals surface area contributed by atoms with Crippen LogP contribution < -0.4 is 15.4 Å². The summed E-state index contributed by atoms with van der Waals surface area (Å²) in [7, 11) is 3.36. The minimum Gasteiger partial charge on any atom is -0.497 e. The lowest BCUT2D eigenvalue weighted by molar-refractivity contribution is -0.117. The SMILES string of the molecule is COc1ccc(CN(C)C(=O)Nc2cccc(NC(=O)C3CC3)c2)cc1. The zero-order valence-electron chi connectivity index (χ0n) is 15.0. The molecule has 1 fully saturated rings. The van der Waals surface area contributed by atoms with E-state index >= 15 is 0 Å². The van der Waals surface area contributed by atoms with Gasteiger partial charge in [-0.25, -0.2) is 4.79 Å². The number of urea groups is 1. The van der Waals surface area contributed by atoms with Crippen LogP contribution in [0.4, 0.5) is 16.2 Å². The number of methoxy groups -OCH3 is 1. The molecule has 0 bridgehead atoms. The summed E-state index contributed by atoms with van der Waals surface area (Å²) >= 11 is 0. The summed E-state index contributed by atoms with van der Waals surface area (Å²) in [6, 6.07) is 14.6. The molecule has 6 nitrogen and oxygen atoms in total. The van der Waals surface area contributed by atoms with E-state index in [0.717, 1.165) is 24.2 Å². The van der Waals surface area contributed by atoms with Gasteiger partial charge in [-0.15, -0.1) is 0 Å². The average Bonchev–Trinajstić information content (AvgIpc) is 3.48. The first kappa shape index (κ1) is 17.8. The van der Waals surface area contributed by atoms with E-state index in [4.69, 9.17) is 4.74 Å². The molecule has 3 amide bonds. The zero-order valence-corrected chi connectivity index (χ0v) is 15.0. The lowest BCUT2D eigenvalue weighted by Crippen LogP contribution is -2.30. The fourth-order valence-electron chi connectivity index (χ4n) is 2.56. The molecule has 0 atom stereocenters. The number of nitrogens with one attached hydrogen (secondary N) is 2. The molecule has 0 spiro atoms. The smallest absolute Gasteiger partial charge is 0.321 e. The quantitative estimate of drug-likeness (QED) is 0.832. The van der Waals surface area contributed by atoms with Gasteiger partial charge in [0.1, 0.15) is 5.75 Å². The molecule has 0 aromatic heterocycles. The predicted octanol–water partition coefficient (Wildman–Crippen LogP) is 3.71. The van der Waals surface area contributed by atoms with Gasteiger partial charge in [0, 0.05) is 30.9 Å². The zero-order chi connectivity index (χ0) is 18.5. The highest BCUT2D eigenvalue weighted by molar-refractivity contribution is 5.95. The van der Waals surface area contributed by atoms with Crippen molar-refractivity contribution in [2.24, 2.45) is 5.92 Å². The van der Waals surface area contributed by atoms with Crippen LogP contribution in [-0.4, -0.2) is 31.0 Å². The Labute approximate surface area is 153 Å². The lowest BCUT2D eigenvalue weighted by Gasteiger charge is -2.18. The van der Waals surface area contributed by atoms with Gasteiger partial charge in [-0.2, -0.15) is 0 Å². The summed E-state index contributed by atoms with van der Waals surface area (Å²) in [6.07, 6.45) is 1.91. The van der Waals surface area contributed by atoms with Crippen molar-refractivity contribution in [2.45, 2.75) is 19.4 Å². The molecule has 0 unspecified atom stereocenters. The average molecular weight is 353 g/mol. The fraction of sp³-hybridized carbons (Fsp3) is 0.300. The molecular weight excluding hydrogens is 330 g/mol. The van der Waals surface area contributed by atoms with E-state index in [-0.39, 0.29) is 17.9 Å². The Hall–Kier alpha value is -3.02. The van der Waals surface area contributed by atoms with Crippen LogP contribution >= 0.6 is 0 Å². The standard InChI is InChI=1S/C20H23N3O3/c1-23(13-14-6-10-18(26-2)11-7-14)20(25)22-17-5-3-4-16(12-17)21-19(24)15-8-9-15/h3-7,10-12,15H,8-9,13H2,1-2H3,(H,21,24)(H,22,25). The normalized spacial score (nSPS) is 13.0. The van der Waals surface area contributed by atoms with Crippen LogP contribution in [-0.2, 0) is 11.3 Å². The Bertz CT molecular complexity index is 785. The summed E-state index contributed by atoms with van der Waals surface area (Å²) in [5.74, 6) is 0.972. The van der Waals surface area contributed by atoms with E-state index < -0.39 is 0 Å². The highest BCUT2D eigenvalue weighted by Crippen LogP contribution is 2.30. The van der Waals surface area contributed by atoms with Crippen molar-refractivity contribution in [3.8, 4) is 5.75 Å². The van der Waals surface area contributed by atoms with Crippen LogP contribution in [0.25, 0.3) is 0 Å². The van der Waals surface area contributed by atoms with Gasteiger partial charge in [0.15, 0.2) is 0 Å². The monoisotopic (exact) mass is 353 g/mol. The number of anilines is 2. The van der Waals surface area contributed by atoms with Crippen molar-refractivity contribution >= 4 is 23.3 Å². The van der Waals surface area contributed by atoms with Crippen molar-refractivity contribution in [1.82, 2.24) is 4.90 Å². The fourth-order valence-corrected chi connectivity index (χ4v) is 2.56. The number of hydrogen-bond donors (Lipinski definition) is 2. The van der Waals surface area contributed by atoms with E-state index in [2.05, 4.69) is 10.6 Å². The lowest BCUT2D eigenvalue weighted by atomic mass is 10.2. The molecule has 3 rings (SSSR count). The topological polar surface area (TPSA) is 70.7 Å². The van der Waals surface area contributed by atoms with E-state index in [1.807, 2.05) is 36.4 Å². The molecule has 0 heterocycles. The summed E-state index contributed by atoms with van der Waals surface area (Å²) in [5.41, 5.74) is 2.34. The molecule has 26 heavy (non-hydrogen) atoms. The van der Waals surface area contributed by atoms with Gasteiger partial charge in [-0.05, 0) is 48.7 Å². The third-order valence-corrected chi connectivity index (χ3v) is 4.26. The molecule has 0 aliphatic heterocycles. The second-order valence-corrected chi connectivity index (χ2v) is 6.48. The third-order valence-electron chi connectivity index (χ3n) is 4.26. The summed E-state index contributed by atoms with van der Waals surface area (Å²) in [5, 5.41) is 5.74. The maximum atomic E-state index is 12.4. The molecule has 136 valence electrons. The van der Waals surface area contributed by atoms with E-state index in [1.165, 1.54) is 0 Å². The number of ether oxygens (including phenoxy) is 1. The largest absolute Gasteiger partial charge is 0.497 e. The maximum Gasteiger partial charge on any atom is 0.321 e. The number of carbonyl (C=O) groups excluding carboxylic acids is 2. The van der Waals surface area contributed by atoms with Crippen LogP contribution in [0, 0.1) is 5.92 Å². The number of amides is 3. The molecule has 1 aliphatic rings. The van der Waals surface area contributed by atoms with E-state index in [0.29, 0.717) is 17.9 Å². The molecule has 1 saturated carbocycles. The summed E-state index contributed by atoms with van der Waals surface area (Å²) in [4.78, 5) is 25.8. The molecule has 0 saturated heterocycles. The van der Waals surface area contributed by atoms with Gasteiger partial charge in [0.25, 0.3) is 0 Å². The Balaban J connectivity index is 1.56. The van der Waals surface area contributed by atoms with Gasteiger partial charge in [0.2, 0.25) is 5.91 Å². The number of rotatable bonds is 6. The van der Waals surface area contributed by atoms with Crippen LogP contribution in [0.15, 0.2) is 48.5 Å². The van der Waals surface area contributed by atoms with Crippen LogP contribution in [0.5, 0.6) is 5.75 Å². The van der Waals surface area contributed by atoms with Gasteiger partial charge < -0.3 is 20.3 Å². The number of benzene rings is 2. The van der Waals surface area contributed by atoms with Crippen LogP contribution in [0.2, 0.25) is 0 Å². The number of hydrogen-bond acceptors (Lipinski definition) is 3. The van der Waals surface area contributed by atoms with Crippen LogP contribution in [0.1, 0.15) is 18.4 Å². The molecular formula is C20H23N3O3. The van der Waals surface area contributed by atoms with Gasteiger partial charge >= 0.3 is 6.03 Å². The number of carbonyl (C=O) groups is 2. The molecule has 0 radical (unpaired) electrons. The molecule has 2 aromatic rings. The first-order valence-electron chi connectivity index (χ1n) is 8.61. The second kappa shape index (κ2) is 7.91. The Morgan fingerprint density at radius 1 is 1.08 bits per heavy atom. The Kier molecular flexibility index (Phi) is 5.41. The van der Waals surface area contributed by atoms with Crippen molar-refractivity contribution < 1.29 is 14.3 Å². The highest BCUT2D eigenvalue weighted by Gasteiger charge is 2.29. The van der Waals surface area contributed by atoms with Crippen molar-refractivity contribution in [3.63, 3.8) is 0 Å². The highest BCUT2D eigenvalue weighted by atomic mass is 16.5. The first-order chi connectivity index (χ1) is 12.5. The molecule has 2 N–H and O–H groups in total. The first-order valence-corrected chi connectivity index (χ1v) is 8.61. The van der Waals surface area contributed by atoms with Gasteiger partial charge in [0.05, 0.1) is 7.11 Å². The number of nitrogens with zero attached hydrogens (tertiary/aromatic N) is 1. The molecule has 1 aliphatic carbocycles. The molecule has 2 aromatic carbocycles. The summed E-state index contributed by atoms with van der Waals surface area (Å²) in [6.45, 7) is 0.480. The maximum absolute atomic E-state index is 12.4. The third kappa shape index (κ3) is 4.75.